The van der Waals surface area contributed by atoms with E-state index in [1.807, 2.05) is 65.8 Å². The van der Waals surface area contributed by atoms with Gasteiger partial charge in [0.05, 0.1) is 12.1 Å². The Labute approximate surface area is 175 Å². The number of carbonyl (C=O) groups is 1. The molecule has 0 radical (unpaired) electrons. The third-order valence-corrected chi connectivity index (χ3v) is 4.50. The Kier molecular flexibility index (Phi) is 9.95. The zero-order valence-corrected chi connectivity index (χ0v) is 18.8. The third kappa shape index (κ3) is 10.2. The second kappa shape index (κ2) is 11.7. The molecule has 0 atom stereocenters. The first-order valence-corrected chi connectivity index (χ1v) is 10.4. The Bertz CT molecular complexity index is 647. The molecule has 0 heterocycles. The second-order valence-corrected chi connectivity index (χ2v) is 8.13. The van der Waals surface area contributed by atoms with Crippen molar-refractivity contribution >= 4 is 17.7 Å². The van der Waals surface area contributed by atoms with Gasteiger partial charge in [0.25, 0.3) is 0 Å². The molecule has 0 aliphatic rings. The van der Waals surface area contributed by atoms with Gasteiger partial charge in [-0.2, -0.15) is 0 Å². The van der Waals surface area contributed by atoms with Gasteiger partial charge in [-0.3, -0.25) is 10.3 Å². The van der Waals surface area contributed by atoms with Crippen LogP contribution in [-0.4, -0.2) is 48.0 Å². The monoisotopic (exact) mass is 406 g/mol. The van der Waals surface area contributed by atoms with E-state index in [9.17, 15) is 9.90 Å². The van der Waals surface area contributed by atoms with Gasteiger partial charge in [-0.15, -0.1) is 0 Å². The Hall–Kier alpha value is -2.28. The highest BCUT2D eigenvalue weighted by Gasteiger charge is 2.21. The van der Waals surface area contributed by atoms with E-state index in [0.29, 0.717) is 37.6 Å². The van der Waals surface area contributed by atoms with Crippen LogP contribution in [0.5, 0.6) is 0 Å². The van der Waals surface area contributed by atoms with Crippen molar-refractivity contribution in [2.75, 3.05) is 25.0 Å². The molecule has 0 spiro atoms. The van der Waals surface area contributed by atoms with Gasteiger partial charge in [0.15, 0.2) is 5.96 Å². The zero-order chi connectivity index (χ0) is 21.9. The number of aliphatic imine (C=N–C) groups is 1. The second-order valence-electron chi connectivity index (χ2n) is 8.13. The molecule has 29 heavy (non-hydrogen) atoms. The summed E-state index contributed by atoms with van der Waals surface area (Å²) in [5.41, 5.74) is 0.566. The van der Waals surface area contributed by atoms with E-state index in [2.05, 4.69) is 20.9 Å². The summed E-state index contributed by atoms with van der Waals surface area (Å²) in [5, 5.41) is 19.6. The molecule has 0 saturated carbocycles. The summed E-state index contributed by atoms with van der Waals surface area (Å²) in [7, 11) is 0. The zero-order valence-electron chi connectivity index (χ0n) is 18.8. The van der Waals surface area contributed by atoms with Crippen molar-refractivity contribution in [3.63, 3.8) is 0 Å². The van der Waals surface area contributed by atoms with Gasteiger partial charge in [0, 0.05) is 18.8 Å². The highest BCUT2D eigenvalue weighted by atomic mass is 16.6. The van der Waals surface area contributed by atoms with Gasteiger partial charge in [0.1, 0.15) is 5.60 Å². The SMILES string of the molecule is CCNC(=NCC(O)(CC)CC)NCCc1ccc(NC(=O)OC(C)(C)C)cc1. The summed E-state index contributed by atoms with van der Waals surface area (Å²) in [6.45, 7) is 13.3. The van der Waals surface area contributed by atoms with E-state index in [1.54, 1.807) is 0 Å². The molecule has 0 aromatic heterocycles. The van der Waals surface area contributed by atoms with Crippen molar-refractivity contribution in [3.8, 4) is 0 Å². The lowest BCUT2D eigenvalue weighted by Crippen LogP contribution is -2.40. The maximum Gasteiger partial charge on any atom is 0.412 e. The van der Waals surface area contributed by atoms with E-state index in [4.69, 9.17) is 4.74 Å². The topological polar surface area (TPSA) is 95.0 Å². The van der Waals surface area contributed by atoms with Crippen LogP contribution in [0.1, 0.15) is 59.9 Å². The van der Waals surface area contributed by atoms with Crippen molar-refractivity contribution in [3.05, 3.63) is 29.8 Å². The number of benzene rings is 1. The number of aliphatic hydroxyl groups is 1. The van der Waals surface area contributed by atoms with Gasteiger partial charge >= 0.3 is 6.09 Å². The Balaban J connectivity index is 2.54. The van der Waals surface area contributed by atoms with Crippen molar-refractivity contribution < 1.29 is 14.6 Å². The molecule has 0 unspecified atom stereocenters. The summed E-state index contributed by atoms with van der Waals surface area (Å²) in [6, 6.07) is 7.68. The Morgan fingerprint density at radius 2 is 1.69 bits per heavy atom. The van der Waals surface area contributed by atoms with Gasteiger partial charge in [-0.25, -0.2) is 4.79 Å². The van der Waals surface area contributed by atoms with Gasteiger partial charge in [0.2, 0.25) is 0 Å². The fourth-order valence-corrected chi connectivity index (χ4v) is 2.54. The lowest BCUT2D eigenvalue weighted by atomic mass is 9.98. The number of anilines is 1. The van der Waals surface area contributed by atoms with E-state index in [1.165, 1.54) is 0 Å². The lowest BCUT2D eigenvalue weighted by Gasteiger charge is -2.23. The highest BCUT2D eigenvalue weighted by molar-refractivity contribution is 5.84. The number of nitrogens with one attached hydrogen (secondary N) is 3. The molecular weight excluding hydrogens is 368 g/mol. The lowest BCUT2D eigenvalue weighted by molar-refractivity contribution is 0.0417. The average Bonchev–Trinajstić information content (AvgIpc) is 2.65. The largest absolute Gasteiger partial charge is 0.444 e. The number of rotatable bonds is 9. The molecule has 0 bridgehead atoms. The van der Waals surface area contributed by atoms with Crippen molar-refractivity contribution in [1.29, 1.82) is 0 Å². The molecule has 164 valence electrons. The number of hydrogen-bond donors (Lipinski definition) is 4. The third-order valence-electron chi connectivity index (χ3n) is 4.50. The Morgan fingerprint density at radius 3 is 2.21 bits per heavy atom. The van der Waals surface area contributed by atoms with Gasteiger partial charge in [-0.05, 0) is 64.7 Å². The first-order chi connectivity index (χ1) is 13.6. The predicted octanol–water partition coefficient (Wildman–Crippen LogP) is 3.68. The summed E-state index contributed by atoms with van der Waals surface area (Å²) >= 11 is 0. The first kappa shape index (κ1) is 24.8. The summed E-state index contributed by atoms with van der Waals surface area (Å²) in [5.74, 6) is 0.705. The maximum absolute atomic E-state index is 11.8. The molecule has 1 aromatic rings. The molecule has 1 rings (SSSR count). The smallest absolute Gasteiger partial charge is 0.412 e. The fraction of sp³-hybridized carbons (Fsp3) is 0.636. The number of nitrogens with zero attached hydrogens (tertiary/aromatic N) is 1. The summed E-state index contributed by atoms with van der Waals surface area (Å²) in [6.07, 6.45) is 1.70. The van der Waals surface area contributed by atoms with Crippen molar-refractivity contribution in [1.82, 2.24) is 10.6 Å². The van der Waals surface area contributed by atoms with Crippen LogP contribution in [0.25, 0.3) is 0 Å². The summed E-state index contributed by atoms with van der Waals surface area (Å²) < 4.78 is 5.25. The predicted molar refractivity (Wildman–Crippen MR) is 120 cm³/mol. The highest BCUT2D eigenvalue weighted by Crippen LogP contribution is 2.15. The van der Waals surface area contributed by atoms with Crippen LogP contribution in [-0.2, 0) is 11.2 Å². The van der Waals surface area contributed by atoms with Crippen LogP contribution in [0.3, 0.4) is 0 Å². The maximum atomic E-state index is 11.8. The van der Waals surface area contributed by atoms with Crippen LogP contribution < -0.4 is 16.0 Å². The molecule has 7 nitrogen and oxygen atoms in total. The number of guanidine groups is 1. The number of hydrogen-bond acceptors (Lipinski definition) is 4. The molecule has 0 fully saturated rings. The molecule has 0 aliphatic heterocycles. The standard InChI is InChI=1S/C22H38N4O3/c1-7-22(28,8-2)16-25-19(23-9-3)24-15-14-17-10-12-18(13-11-17)26-20(27)29-21(4,5)6/h10-13,28H,7-9,14-16H2,1-6H3,(H,26,27)(H2,23,24,25). The van der Waals surface area contributed by atoms with Crippen molar-refractivity contribution in [2.45, 2.75) is 72.0 Å². The molecule has 4 N–H and O–H groups in total. The van der Waals surface area contributed by atoms with E-state index >= 15 is 0 Å². The minimum atomic E-state index is -0.751. The van der Waals surface area contributed by atoms with Crippen LogP contribution >= 0.6 is 0 Å². The minimum absolute atomic E-state index is 0.375. The molecule has 1 aromatic carbocycles. The van der Waals surface area contributed by atoms with Crippen molar-refractivity contribution in [2.24, 2.45) is 4.99 Å². The Morgan fingerprint density at radius 1 is 1.07 bits per heavy atom. The normalized spacial score (nSPS) is 12.4. The van der Waals surface area contributed by atoms with Crippen LogP contribution in [0.2, 0.25) is 0 Å². The minimum Gasteiger partial charge on any atom is -0.444 e. The molecule has 0 aliphatic carbocycles. The van der Waals surface area contributed by atoms with E-state index in [-0.39, 0.29) is 0 Å². The first-order valence-electron chi connectivity index (χ1n) is 10.4. The van der Waals surface area contributed by atoms with Gasteiger partial charge in [-0.1, -0.05) is 26.0 Å². The van der Waals surface area contributed by atoms with Crippen LogP contribution in [0.15, 0.2) is 29.3 Å². The fourth-order valence-electron chi connectivity index (χ4n) is 2.54. The average molecular weight is 407 g/mol. The van der Waals surface area contributed by atoms with E-state index in [0.717, 1.165) is 18.5 Å². The molecule has 7 heteroatoms. The number of carbonyl (C=O) groups excluding carboxylic acids is 1. The van der Waals surface area contributed by atoms with Gasteiger partial charge < -0.3 is 20.5 Å². The number of amides is 1. The quantitative estimate of drug-likeness (QED) is 0.371. The number of ether oxygens (including phenoxy) is 1. The van der Waals surface area contributed by atoms with Crippen LogP contribution in [0, 0.1) is 0 Å². The molecule has 0 saturated heterocycles. The summed E-state index contributed by atoms with van der Waals surface area (Å²) in [4.78, 5) is 16.3. The molecule has 1 amide bonds. The van der Waals surface area contributed by atoms with E-state index < -0.39 is 17.3 Å². The van der Waals surface area contributed by atoms with Crippen LogP contribution in [0.4, 0.5) is 10.5 Å². The molecular formula is C22H38N4O3.